The van der Waals surface area contributed by atoms with E-state index in [1.165, 1.54) is 45.2 Å². The van der Waals surface area contributed by atoms with Gasteiger partial charge in [0.1, 0.15) is 0 Å². The van der Waals surface area contributed by atoms with E-state index in [2.05, 4.69) is 31.0 Å². The molecule has 2 aliphatic rings. The van der Waals surface area contributed by atoms with Crippen LogP contribution in [-0.4, -0.2) is 49.8 Å². The molecule has 0 atom stereocenters. The van der Waals surface area contributed by atoms with Crippen LogP contribution < -0.4 is 5.32 Å². The smallest absolute Gasteiger partial charge is 0.0594 e. The van der Waals surface area contributed by atoms with Gasteiger partial charge in [-0.25, -0.2) is 0 Å². The standard InChI is InChI=1S/C16H32N2O/c1-15(2,3)17-13-16(7-5-4-6-8-16)14-18-9-11-19-12-10-18/h17H,4-14H2,1-3H3. The molecule has 1 N–H and O–H groups in total. The van der Waals surface area contributed by atoms with Crippen LogP contribution in [0, 0.1) is 5.41 Å². The first-order valence-corrected chi connectivity index (χ1v) is 8.04. The molecule has 0 radical (unpaired) electrons. The van der Waals surface area contributed by atoms with Gasteiger partial charge in [0.05, 0.1) is 13.2 Å². The Bertz CT molecular complexity index is 260. The van der Waals surface area contributed by atoms with Crippen molar-refractivity contribution in [1.29, 1.82) is 0 Å². The van der Waals surface area contributed by atoms with Gasteiger partial charge in [-0.15, -0.1) is 0 Å². The van der Waals surface area contributed by atoms with Gasteiger partial charge in [0, 0.05) is 31.7 Å². The van der Waals surface area contributed by atoms with E-state index in [0.29, 0.717) is 5.41 Å². The molecule has 19 heavy (non-hydrogen) atoms. The average Bonchev–Trinajstić information content (AvgIpc) is 2.38. The van der Waals surface area contributed by atoms with Crippen molar-refractivity contribution in [3.63, 3.8) is 0 Å². The zero-order valence-corrected chi connectivity index (χ0v) is 13.1. The van der Waals surface area contributed by atoms with Gasteiger partial charge in [0.25, 0.3) is 0 Å². The molecule has 1 heterocycles. The average molecular weight is 268 g/mol. The molecule has 0 bridgehead atoms. The number of ether oxygens (including phenoxy) is 1. The summed E-state index contributed by atoms with van der Waals surface area (Å²) in [6.45, 7) is 13.3. The van der Waals surface area contributed by atoms with Crippen LogP contribution in [0.2, 0.25) is 0 Å². The summed E-state index contributed by atoms with van der Waals surface area (Å²) in [5.41, 5.74) is 0.734. The summed E-state index contributed by atoms with van der Waals surface area (Å²) in [5.74, 6) is 0. The van der Waals surface area contributed by atoms with Gasteiger partial charge in [-0.2, -0.15) is 0 Å². The SMILES string of the molecule is CC(C)(C)NCC1(CN2CCOCC2)CCCCC1. The first-order chi connectivity index (χ1) is 8.99. The van der Waals surface area contributed by atoms with Gasteiger partial charge in [-0.3, -0.25) is 4.90 Å². The lowest BCUT2D eigenvalue weighted by Gasteiger charge is -2.43. The lowest BCUT2D eigenvalue weighted by atomic mass is 9.73. The summed E-state index contributed by atoms with van der Waals surface area (Å²) >= 11 is 0. The Hall–Kier alpha value is -0.120. The highest BCUT2D eigenvalue weighted by Gasteiger charge is 2.35. The number of morpholine rings is 1. The van der Waals surface area contributed by atoms with Crippen LogP contribution in [0.3, 0.4) is 0 Å². The summed E-state index contributed by atoms with van der Waals surface area (Å²) in [6.07, 6.45) is 7.05. The van der Waals surface area contributed by atoms with Crippen LogP contribution in [0.5, 0.6) is 0 Å². The fourth-order valence-electron chi connectivity index (χ4n) is 3.38. The summed E-state index contributed by atoms with van der Waals surface area (Å²) < 4.78 is 5.48. The van der Waals surface area contributed by atoms with E-state index in [1.54, 1.807) is 0 Å². The molecular weight excluding hydrogens is 236 g/mol. The monoisotopic (exact) mass is 268 g/mol. The largest absolute Gasteiger partial charge is 0.379 e. The van der Waals surface area contributed by atoms with Crippen LogP contribution in [0.4, 0.5) is 0 Å². The van der Waals surface area contributed by atoms with Crippen molar-refractivity contribution in [1.82, 2.24) is 10.2 Å². The topological polar surface area (TPSA) is 24.5 Å². The number of hydrogen-bond acceptors (Lipinski definition) is 3. The van der Waals surface area contributed by atoms with Gasteiger partial charge in [0.2, 0.25) is 0 Å². The van der Waals surface area contributed by atoms with Crippen LogP contribution in [-0.2, 0) is 4.74 Å². The molecule has 2 rings (SSSR count). The van der Waals surface area contributed by atoms with Crippen molar-refractivity contribution in [2.45, 2.75) is 58.4 Å². The second-order valence-electron chi connectivity index (χ2n) is 7.55. The Morgan fingerprint density at radius 1 is 1.05 bits per heavy atom. The van der Waals surface area contributed by atoms with Crippen molar-refractivity contribution in [3.8, 4) is 0 Å². The molecule has 1 saturated carbocycles. The Kier molecular flexibility index (Phi) is 5.27. The van der Waals surface area contributed by atoms with E-state index >= 15 is 0 Å². The zero-order valence-electron chi connectivity index (χ0n) is 13.1. The molecule has 0 aromatic carbocycles. The van der Waals surface area contributed by atoms with Crippen LogP contribution in [0.1, 0.15) is 52.9 Å². The highest BCUT2D eigenvalue weighted by Crippen LogP contribution is 2.37. The maximum atomic E-state index is 5.48. The Balaban J connectivity index is 1.93. The van der Waals surface area contributed by atoms with Crippen molar-refractivity contribution in [3.05, 3.63) is 0 Å². The number of hydrogen-bond donors (Lipinski definition) is 1. The number of nitrogens with one attached hydrogen (secondary N) is 1. The fraction of sp³-hybridized carbons (Fsp3) is 1.00. The third-order valence-electron chi connectivity index (χ3n) is 4.57. The molecule has 0 amide bonds. The summed E-state index contributed by atoms with van der Waals surface area (Å²) in [6, 6.07) is 0. The maximum Gasteiger partial charge on any atom is 0.0594 e. The van der Waals surface area contributed by atoms with Crippen molar-refractivity contribution in [2.75, 3.05) is 39.4 Å². The van der Waals surface area contributed by atoms with E-state index in [0.717, 1.165) is 26.3 Å². The molecule has 0 spiro atoms. The van der Waals surface area contributed by atoms with Crippen LogP contribution in [0.25, 0.3) is 0 Å². The first kappa shape index (κ1) is 15.3. The predicted molar refractivity (Wildman–Crippen MR) is 80.5 cm³/mol. The lowest BCUT2D eigenvalue weighted by Crippen LogP contribution is -2.51. The van der Waals surface area contributed by atoms with Gasteiger partial charge in [-0.05, 0) is 39.0 Å². The molecule has 0 aromatic heterocycles. The molecule has 112 valence electrons. The molecule has 3 nitrogen and oxygen atoms in total. The van der Waals surface area contributed by atoms with Crippen molar-refractivity contribution in [2.24, 2.45) is 5.41 Å². The Morgan fingerprint density at radius 2 is 1.68 bits per heavy atom. The highest BCUT2D eigenvalue weighted by molar-refractivity contribution is 4.90. The minimum Gasteiger partial charge on any atom is -0.379 e. The molecule has 3 heteroatoms. The fourth-order valence-corrected chi connectivity index (χ4v) is 3.38. The van der Waals surface area contributed by atoms with Gasteiger partial charge in [0.15, 0.2) is 0 Å². The van der Waals surface area contributed by atoms with Crippen molar-refractivity contribution < 1.29 is 4.74 Å². The van der Waals surface area contributed by atoms with E-state index in [4.69, 9.17) is 4.74 Å². The zero-order chi connectivity index (χ0) is 13.8. The second-order valence-corrected chi connectivity index (χ2v) is 7.55. The number of nitrogens with zero attached hydrogens (tertiary/aromatic N) is 1. The van der Waals surface area contributed by atoms with E-state index in [-0.39, 0.29) is 5.54 Å². The van der Waals surface area contributed by atoms with E-state index in [9.17, 15) is 0 Å². The highest BCUT2D eigenvalue weighted by atomic mass is 16.5. The maximum absolute atomic E-state index is 5.48. The summed E-state index contributed by atoms with van der Waals surface area (Å²) in [4.78, 5) is 2.62. The molecule has 0 aromatic rings. The minimum atomic E-state index is 0.232. The summed E-state index contributed by atoms with van der Waals surface area (Å²) in [5, 5.41) is 3.76. The lowest BCUT2D eigenvalue weighted by molar-refractivity contribution is 0.00580. The molecule has 2 fully saturated rings. The van der Waals surface area contributed by atoms with Gasteiger partial charge >= 0.3 is 0 Å². The van der Waals surface area contributed by atoms with Crippen molar-refractivity contribution >= 4 is 0 Å². The second kappa shape index (κ2) is 6.55. The quantitative estimate of drug-likeness (QED) is 0.848. The molecule has 1 saturated heterocycles. The third kappa shape index (κ3) is 5.05. The molecule has 1 aliphatic carbocycles. The predicted octanol–water partition coefficient (Wildman–Crippen LogP) is 2.66. The normalized spacial score (nSPS) is 25.4. The van der Waals surface area contributed by atoms with E-state index in [1.807, 2.05) is 0 Å². The molecule has 0 unspecified atom stereocenters. The molecular formula is C16H32N2O. The van der Waals surface area contributed by atoms with Crippen LogP contribution >= 0.6 is 0 Å². The number of rotatable bonds is 4. The Labute approximate surface area is 119 Å². The minimum absolute atomic E-state index is 0.232. The summed E-state index contributed by atoms with van der Waals surface area (Å²) in [7, 11) is 0. The van der Waals surface area contributed by atoms with Crippen LogP contribution in [0.15, 0.2) is 0 Å². The first-order valence-electron chi connectivity index (χ1n) is 8.04. The van der Waals surface area contributed by atoms with Gasteiger partial charge < -0.3 is 10.1 Å². The van der Waals surface area contributed by atoms with E-state index < -0.39 is 0 Å². The Morgan fingerprint density at radius 3 is 2.26 bits per heavy atom. The molecule has 1 aliphatic heterocycles. The van der Waals surface area contributed by atoms with Gasteiger partial charge in [-0.1, -0.05) is 19.3 Å². The third-order valence-corrected chi connectivity index (χ3v) is 4.57.